The molecular formula is C34H44F12N2. The molecule has 0 aliphatic rings. The van der Waals surface area contributed by atoms with Gasteiger partial charge in [0.1, 0.15) is 0 Å². The van der Waals surface area contributed by atoms with Crippen molar-refractivity contribution in [3.8, 4) is 0 Å². The van der Waals surface area contributed by atoms with Crippen molar-refractivity contribution in [3.63, 3.8) is 0 Å². The molecule has 0 bridgehead atoms. The molecule has 0 radical (unpaired) electrons. The van der Waals surface area contributed by atoms with Crippen LogP contribution in [0.5, 0.6) is 0 Å². The minimum Gasteiger partial charge on any atom is -0.398 e. The van der Waals surface area contributed by atoms with Gasteiger partial charge in [0.05, 0.1) is 0 Å². The van der Waals surface area contributed by atoms with Crippen LogP contribution in [-0.4, -0.2) is 23.7 Å². The number of benzene rings is 2. The Labute approximate surface area is 273 Å². The van der Waals surface area contributed by atoms with Crippen molar-refractivity contribution in [1.29, 1.82) is 0 Å². The number of nitrogens with two attached hydrogens (primary N) is 2. The average Bonchev–Trinajstić information content (AvgIpc) is 3.02. The van der Waals surface area contributed by atoms with Gasteiger partial charge >= 0.3 is 35.5 Å². The van der Waals surface area contributed by atoms with Crippen LogP contribution in [-0.2, 0) is 24.7 Å². The fourth-order valence-electron chi connectivity index (χ4n) is 5.39. The van der Waals surface area contributed by atoms with Crippen LogP contribution in [0.4, 0.5) is 64.1 Å². The summed E-state index contributed by atoms with van der Waals surface area (Å²) < 4.78 is 184. The van der Waals surface area contributed by atoms with E-state index in [1.807, 2.05) is 0 Å². The first-order valence-corrected chi connectivity index (χ1v) is 16.0. The standard InChI is InChI=1S/C34H44F12N2/c1-7-11-13-21-15-23(17-25(27(21)47)19(5)9-3)29(35,36)31(39,40)33(43,44)34(45,46)32(41,42)30(37,38)24-16-22(14-12-8-2)28(48)26(18-24)20(6)10-4/h15-20H,7-14,47-48H2,1-6H3. The highest BCUT2D eigenvalue weighted by Crippen LogP contribution is 2.64. The molecule has 14 heteroatoms. The lowest BCUT2D eigenvalue weighted by Crippen LogP contribution is -2.69. The second kappa shape index (κ2) is 14.6. The van der Waals surface area contributed by atoms with E-state index in [1.165, 1.54) is 13.8 Å². The van der Waals surface area contributed by atoms with Gasteiger partial charge in [-0.05, 0) is 96.9 Å². The summed E-state index contributed by atoms with van der Waals surface area (Å²) in [4.78, 5) is 0. The highest BCUT2D eigenvalue weighted by Gasteiger charge is 2.90. The van der Waals surface area contributed by atoms with Gasteiger partial charge in [0, 0.05) is 22.5 Å². The minimum atomic E-state index is -7.71. The third kappa shape index (κ3) is 6.82. The Morgan fingerprint density at radius 1 is 0.500 bits per heavy atom. The second-order valence-electron chi connectivity index (χ2n) is 12.5. The van der Waals surface area contributed by atoms with Crippen LogP contribution in [0.15, 0.2) is 24.3 Å². The fraction of sp³-hybridized carbons (Fsp3) is 0.647. The summed E-state index contributed by atoms with van der Waals surface area (Å²) >= 11 is 0. The Bertz CT molecular complexity index is 1300. The van der Waals surface area contributed by atoms with Crippen molar-refractivity contribution in [3.05, 3.63) is 57.6 Å². The maximum Gasteiger partial charge on any atom is 0.385 e. The van der Waals surface area contributed by atoms with Crippen molar-refractivity contribution in [2.45, 2.75) is 140 Å². The van der Waals surface area contributed by atoms with Gasteiger partial charge in [0.2, 0.25) is 0 Å². The third-order valence-corrected chi connectivity index (χ3v) is 9.18. The van der Waals surface area contributed by atoms with E-state index in [0.717, 1.165) is 0 Å². The molecular weight excluding hydrogens is 664 g/mol. The molecule has 0 fully saturated rings. The number of anilines is 2. The predicted molar refractivity (Wildman–Crippen MR) is 164 cm³/mol. The second-order valence-corrected chi connectivity index (χ2v) is 12.5. The molecule has 48 heavy (non-hydrogen) atoms. The highest BCUT2D eigenvalue weighted by molar-refractivity contribution is 5.59. The molecule has 0 heterocycles. The molecule has 2 aromatic rings. The molecule has 0 aliphatic carbocycles. The minimum absolute atomic E-state index is 0.0847. The number of alkyl halides is 12. The quantitative estimate of drug-likeness (QED) is 0.127. The number of nitrogen functional groups attached to an aromatic ring is 2. The molecule has 0 amide bonds. The van der Waals surface area contributed by atoms with Crippen molar-refractivity contribution >= 4 is 11.4 Å². The van der Waals surface area contributed by atoms with Gasteiger partial charge in [-0.1, -0.05) is 54.4 Å². The van der Waals surface area contributed by atoms with Crippen LogP contribution in [0.25, 0.3) is 0 Å². The van der Waals surface area contributed by atoms with E-state index in [4.69, 9.17) is 11.5 Å². The first-order chi connectivity index (χ1) is 21.9. The predicted octanol–water partition coefficient (Wildman–Crippen LogP) is 12.0. The van der Waals surface area contributed by atoms with Crippen LogP contribution in [0.3, 0.4) is 0 Å². The van der Waals surface area contributed by atoms with Gasteiger partial charge in [-0.15, -0.1) is 0 Å². The van der Waals surface area contributed by atoms with Gasteiger partial charge in [-0.2, -0.15) is 52.7 Å². The van der Waals surface area contributed by atoms with E-state index in [2.05, 4.69) is 0 Å². The maximum absolute atomic E-state index is 15.5. The van der Waals surface area contributed by atoms with E-state index in [0.29, 0.717) is 37.1 Å². The van der Waals surface area contributed by atoms with E-state index in [-0.39, 0.29) is 72.2 Å². The normalized spacial score (nSPS) is 15.1. The summed E-state index contributed by atoms with van der Waals surface area (Å²) in [5, 5.41) is 0. The Morgan fingerprint density at radius 3 is 1.04 bits per heavy atom. The number of rotatable bonds is 17. The molecule has 2 atom stereocenters. The number of aryl methyl sites for hydroxylation is 2. The number of halogens is 12. The van der Waals surface area contributed by atoms with Crippen molar-refractivity contribution < 1.29 is 52.7 Å². The fourth-order valence-corrected chi connectivity index (χ4v) is 5.39. The Hall–Kier alpha value is -2.80. The molecule has 2 aromatic carbocycles. The first kappa shape index (κ1) is 41.4. The molecule has 0 spiro atoms. The number of hydrogen-bond donors (Lipinski definition) is 2. The molecule has 0 aliphatic heterocycles. The zero-order valence-electron chi connectivity index (χ0n) is 27.8. The van der Waals surface area contributed by atoms with Gasteiger partial charge in [-0.3, -0.25) is 0 Å². The summed E-state index contributed by atoms with van der Waals surface area (Å²) in [6, 6.07) is 1.32. The summed E-state index contributed by atoms with van der Waals surface area (Å²) in [6.45, 7) is 9.45. The van der Waals surface area contributed by atoms with Crippen LogP contribution in [0.1, 0.15) is 125 Å². The zero-order chi connectivity index (χ0) is 37.3. The number of unbranched alkanes of at least 4 members (excludes halogenated alkanes) is 2. The Balaban J connectivity index is 2.80. The van der Waals surface area contributed by atoms with Crippen LogP contribution in [0, 0.1) is 0 Å². The molecule has 274 valence electrons. The van der Waals surface area contributed by atoms with Crippen LogP contribution >= 0.6 is 0 Å². The lowest BCUT2D eigenvalue weighted by Gasteiger charge is -2.41. The Morgan fingerprint density at radius 2 is 0.792 bits per heavy atom. The summed E-state index contributed by atoms with van der Waals surface area (Å²) in [6.07, 6.45) is 1.76. The zero-order valence-corrected chi connectivity index (χ0v) is 27.8. The van der Waals surface area contributed by atoms with Gasteiger partial charge in [0.25, 0.3) is 0 Å². The largest absolute Gasteiger partial charge is 0.398 e. The van der Waals surface area contributed by atoms with Crippen LogP contribution < -0.4 is 11.5 Å². The van der Waals surface area contributed by atoms with E-state index >= 15 is 52.7 Å². The van der Waals surface area contributed by atoms with Crippen molar-refractivity contribution in [2.24, 2.45) is 0 Å². The summed E-state index contributed by atoms with van der Waals surface area (Å²) in [7, 11) is 0. The summed E-state index contributed by atoms with van der Waals surface area (Å²) in [5.41, 5.74) is 7.34. The van der Waals surface area contributed by atoms with Gasteiger partial charge < -0.3 is 11.5 Å². The Kier molecular flexibility index (Phi) is 12.6. The lowest BCUT2D eigenvalue weighted by atomic mass is 9.83. The van der Waals surface area contributed by atoms with Gasteiger partial charge in [0.15, 0.2) is 0 Å². The van der Waals surface area contributed by atoms with E-state index in [1.54, 1.807) is 27.7 Å². The molecule has 2 nitrogen and oxygen atoms in total. The van der Waals surface area contributed by atoms with Crippen molar-refractivity contribution in [1.82, 2.24) is 0 Å². The molecule has 0 saturated heterocycles. The summed E-state index contributed by atoms with van der Waals surface area (Å²) in [5.74, 6) is -43.9. The molecule has 2 rings (SSSR count). The SMILES string of the molecule is CCCCc1cc(C(F)(F)C(F)(F)C(F)(F)C(F)(F)C(F)(F)C(F)(F)c2cc(CCCC)c(N)c(C(C)CC)c2)cc(C(C)CC)c1N. The van der Waals surface area contributed by atoms with E-state index in [9.17, 15) is 0 Å². The van der Waals surface area contributed by atoms with Crippen molar-refractivity contribution in [2.75, 3.05) is 11.5 Å². The number of hydrogen-bond acceptors (Lipinski definition) is 2. The molecule has 0 aromatic heterocycles. The van der Waals surface area contributed by atoms with Crippen LogP contribution in [0.2, 0.25) is 0 Å². The molecule has 0 saturated carbocycles. The average molecular weight is 709 g/mol. The topological polar surface area (TPSA) is 52.0 Å². The van der Waals surface area contributed by atoms with Gasteiger partial charge in [-0.25, -0.2) is 0 Å². The molecule has 4 N–H and O–H groups in total. The van der Waals surface area contributed by atoms with E-state index < -0.39 is 58.5 Å². The lowest BCUT2D eigenvalue weighted by molar-refractivity contribution is -0.429. The highest BCUT2D eigenvalue weighted by atomic mass is 19.4. The monoisotopic (exact) mass is 708 g/mol. The molecule has 2 unspecified atom stereocenters. The first-order valence-electron chi connectivity index (χ1n) is 16.0. The maximum atomic E-state index is 15.5. The smallest absolute Gasteiger partial charge is 0.385 e. The third-order valence-electron chi connectivity index (χ3n) is 9.18.